The zero-order valence-electron chi connectivity index (χ0n) is 56.4. The molecule has 0 bridgehead atoms. The molecule has 0 aromatic heterocycles. The van der Waals surface area contributed by atoms with Crippen LogP contribution in [0, 0.1) is 20.8 Å². The van der Waals surface area contributed by atoms with Crippen molar-refractivity contribution in [3.8, 4) is 11.1 Å². The molecular weight excluding hydrogens is 1040 g/mol. The van der Waals surface area contributed by atoms with Gasteiger partial charge in [-0.2, -0.15) is 0 Å². The number of hydrogen-bond donors (Lipinski definition) is 0. The van der Waals surface area contributed by atoms with E-state index >= 15 is 0 Å². The molecule has 3 aliphatic carbocycles. The SMILES string of the molecule is Cc1cc2c3c(c1)N(c1ccc4c(c1)C(C)(C)CCC4(C)C)c1cc4c(cc1B3c1ccc(N(c3ccc(C(C)(C)C)cc3C)c3ccc(C(C)(C)C)cc3C)cc1N2c1ccc2c(c1)C(C)(C)c1cc(C(C)(C)C)ccc1-2)C(C)(C)CCC4(C)C. The topological polar surface area (TPSA) is 9.72 Å². The molecule has 3 nitrogen and oxygen atoms in total. The van der Waals surface area contributed by atoms with Crippen LogP contribution in [0.15, 0.2) is 133 Å². The normalized spacial score (nSPS) is 18.1. The van der Waals surface area contributed by atoms with Gasteiger partial charge in [-0.25, -0.2) is 0 Å². The van der Waals surface area contributed by atoms with Crippen LogP contribution in [0.3, 0.4) is 0 Å². The van der Waals surface area contributed by atoms with Crippen molar-refractivity contribution in [3.63, 3.8) is 0 Å². The van der Waals surface area contributed by atoms with Gasteiger partial charge in [0.25, 0.3) is 6.71 Å². The van der Waals surface area contributed by atoms with Crippen molar-refractivity contribution in [2.45, 2.75) is 221 Å². The first kappa shape index (κ1) is 58.3. The van der Waals surface area contributed by atoms with Crippen LogP contribution in [0.2, 0.25) is 0 Å². The highest BCUT2D eigenvalue weighted by Crippen LogP contribution is 2.56. The Morgan fingerprint density at radius 1 is 0.372 bits per heavy atom. The predicted molar refractivity (Wildman–Crippen MR) is 374 cm³/mol. The van der Waals surface area contributed by atoms with Gasteiger partial charge in [-0.1, -0.05) is 198 Å². The third-order valence-electron chi connectivity index (χ3n) is 21.9. The molecule has 0 saturated carbocycles. The molecule has 5 aliphatic rings. The van der Waals surface area contributed by atoms with E-state index in [-0.39, 0.29) is 50.0 Å². The number of hydrogen-bond acceptors (Lipinski definition) is 3. The minimum Gasteiger partial charge on any atom is -0.311 e. The minimum absolute atomic E-state index is 0.0132. The number of nitrogens with zero attached hydrogens (tertiary/aromatic N) is 3. The smallest absolute Gasteiger partial charge is 0.252 e. The summed E-state index contributed by atoms with van der Waals surface area (Å²) in [6.07, 6.45) is 4.67. The zero-order valence-corrected chi connectivity index (χ0v) is 56.4. The molecule has 4 heteroatoms. The third-order valence-corrected chi connectivity index (χ3v) is 21.9. The summed E-state index contributed by atoms with van der Waals surface area (Å²) in [6, 6.07) is 54.7. The van der Waals surface area contributed by atoms with E-state index in [0.717, 1.165) is 18.5 Å². The lowest BCUT2D eigenvalue weighted by atomic mass is 9.33. The zero-order chi connectivity index (χ0) is 61.7. The van der Waals surface area contributed by atoms with Crippen LogP contribution in [-0.2, 0) is 43.3 Å². The summed E-state index contributed by atoms with van der Waals surface area (Å²) in [4.78, 5) is 7.98. The maximum atomic E-state index is 2.72. The van der Waals surface area contributed by atoms with Crippen LogP contribution in [-0.4, -0.2) is 6.71 Å². The second-order valence-electron chi connectivity index (χ2n) is 33.5. The van der Waals surface area contributed by atoms with Gasteiger partial charge in [0.05, 0.1) is 0 Å². The Labute approximate surface area is 518 Å². The molecule has 0 unspecified atom stereocenters. The van der Waals surface area contributed by atoms with Gasteiger partial charge >= 0.3 is 0 Å². The summed E-state index contributed by atoms with van der Waals surface area (Å²) in [5.41, 5.74) is 34.6. The highest BCUT2D eigenvalue weighted by atomic mass is 15.2. The van der Waals surface area contributed by atoms with Gasteiger partial charge in [-0.05, 0) is 245 Å². The largest absolute Gasteiger partial charge is 0.311 e. The Morgan fingerprint density at radius 3 is 1.30 bits per heavy atom. The van der Waals surface area contributed by atoms with Crippen molar-refractivity contribution in [1.82, 2.24) is 0 Å². The highest BCUT2D eigenvalue weighted by Gasteiger charge is 2.48. The van der Waals surface area contributed by atoms with Crippen molar-refractivity contribution >= 4 is 74.3 Å². The van der Waals surface area contributed by atoms with Crippen LogP contribution >= 0.6 is 0 Å². The first-order valence-electron chi connectivity index (χ1n) is 32.5. The molecule has 13 rings (SSSR count). The van der Waals surface area contributed by atoms with Gasteiger partial charge in [-0.3, -0.25) is 0 Å². The average molecular weight is 1130 g/mol. The third kappa shape index (κ3) is 9.00. The van der Waals surface area contributed by atoms with E-state index in [0.29, 0.717) is 0 Å². The molecular formula is C82H96BN3. The van der Waals surface area contributed by atoms with E-state index in [1.54, 1.807) is 0 Å². The Balaban J connectivity index is 1.12. The van der Waals surface area contributed by atoms with Gasteiger partial charge < -0.3 is 14.7 Å². The Kier molecular flexibility index (Phi) is 12.8. The predicted octanol–water partition coefficient (Wildman–Crippen LogP) is 21.1. The summed E-state index contributed by atoms with van der Waals surface area (Å²) in [5, 5.41) is 0. The standard InChI is InChI=1S/C82H96BN3/c1-49-39-72-74-73(40-49)86(56-27-31-60-63(45-56)79(15,16)36-35-78(60,13)14)71-48-65-64(80(17,18)37-38-81(65,19)20)47-67(71)83(74)66-32-28-57(84(68-33-24-52(41-50(68)2)75(4,5)6)69-34-25-53(42-51(69)3)76(7,8)9)46-70(66)85(72)55-26-30-59-58-29-23-54(77(10,11)12)43-61(58)82(21,22)62(59)44-55/h23-34,39-48H,35-38H2,1-22H3. The fraction of sp³-hybridized carbons (Fsp3) is 0.415. The number of anilines is 9. The molecule has 8 aromatic rings. The van der Waals surface area contributed by atoms with Crippen LogP contribution in [0.1, 0.15) is 224 Å². The van der Waals surface area contributed by atoms with Crippen molar-refractivity contribution in [2.75, 3.05) is 14.7 Å². The maximum absolute atomic E-state index is 2.72. The summed E-state index contributed by atoms with van der Waals surface area (Å²) in [6.45, 7) is 52.7. The number of rotatable bonds is 5. The summed E-state index contributed by atoms with van der Waals surface area (Å²) in [7, 11) is 0. The van der Waals surface area contributed by atoms with Crippen molar-refractivity contribution in [3.05, 3.63) is 200 Å². The highest BCUT2D eigenvalue weighted by molar-refractivity contribution is 7.00. The first-order valence-corrected chi connectivity index (χ1v) is 32.5. The fourth-order valence-corrected chi connectivity index (χ4v) is 16.1. The van der Waals surface area contributed by atoms with Gasteiger partial charge in [0, 0.05) is 56.6 Å². The van der Waals surface area contributed by atoms with E-state index in [1.165, 1.54) is 153 Å². The molecule has 2 aliphatic heterocycles. The van der Waals surface area contributed by atoms with Crippen LogP contribution < -0.4 is 31.1 Å². The molecule has 0 fully saturated rings. The lowest BCUT2D eigenvalue weighted by molar-refractivity contribution is 0.332. The van der Waals surface area contributed by atoms with Crippen molar-refractivity contribution < 1.29 is 0 Å². The summed E-state index contributed by atoms with van der Waals surface area (Å²) < 4.78 is 0. The summed E-state index contributed by atoms with van der Waals surface area (Å²) in [5.74, 6) is 0. The van der Waals surface area contributed by atoms with Gasteiger partial charge in [-0.15, -0.1) is 0 Å². The van der Waals surface area contributed by atoms with Crippen molar-refractivity contribution in [2.24, 2.45) is 0 Å². The molecule has 8 aromatic carbocycles. The Bertz CT molecular complexity index is 4090. The molecule has 0 N–H and O–H groups in total. The molecule has 86 heavy (non-hydrogen) atoms. The summed E-state index contributed by atoms with van der Waals surface area (Å²) >= 11 is 0. The van der Waals surface area contributed by atoms with E-state index in [1.807, 2.05) is 0 Å². The fourth-order valence-electron chi connectivity index (χ4n) is 16.1. The number of benzene rings is 8. The average Bonchev–Trinajstić information content (AvgIpc) is 0.712. The van der Waals surface area contributed by atoms with Crippen LogP contribution in [0.25, 0.3) is 11.1 Å². The molecule has 0 atom stereocenters. The van der Waals surface area contributed by atoms with E-state index in [9.17, 15) is 0 Å². The van der Waals surface area contributed by atoms with E-state index in [2.05, 4.69) is 300 Å². The molecule has 442 valence electrons. The van der Waals surface area contributed by atoms with Gasteiger partial charge in [0.15, 0.2) is 0 Å². The Morgan fingerprint density at radius 2 is 0.791 bits per heavy atom. The molecule has 0 saturated heterocycles. The second kappa shape index (κ2) is 18.9. The quantitative estimate of drug-likeness (QED) is 0.159. The molecule has 2 heterocycles. The lowest BCUT2D eigenvalue weighted by Gasteiger charge is -2.48. The number of fused-ring (bicyclic) bond motifs is 9. The lowest BCUT2D eigenvalue weighted by Crippen LogP contribution is -2.62. The van der Waals surface area contributed by atoms with Gasteiger partial charge in [0.2, 0.25) is 0 Å². The first-order chi connectivity index (χ1) is 40.0. The monoisotopic (exact) mass is 1130 g/mol. The molecule has 0 radical (unpaired) electrons. The van der Waals surface area contributed by atoms with Crippen LogP contribution in [0.5, 0.6) is 0 Å². The van der Waals surface area contributed by atoms with E-state index in [4.69, 9.17) is 0 Å². The maximum Gasteiger partial charge on any atom is 0.252 e. The van der Waals surface area contributed by atoms with Crippen molar-refractivity contribution in [1.29, 1.82) is 0 Å². The molecule has 0 amide bonds. The van der Waals surface area contributed by atoms with Gasteiger partial charge in [0.1, 0.15) is 0 Å². The van der Waals surface area contributed by atoms with Crippen LogP contribution in [0.4, 0.5) is 51.2 Å². The van der Waals surface area contributed by atoms with E-state index < -0.39 is 0 Å². The minimum atomic E-state index is -0.217. The second-order valence-corrected chi connectivity index (χ2v) is 33.5. The number of aryl methyl sites for hydroxylation is 3. The molecule has 0 spiro atoms. The Hall–Kier alpha value is -6.78.